The molecule has 21 heavy (non-hydrogen) atoms. The van der Waals surface area contributed by atoms with Gasteiger partial charge in [-0.1, -0.05) is 0 Å². The highest BCUT2D eigenvalue weighted by Crippen LogP contribution is 2.31. The second kappa shape index (κ2) is 7.07. The molecule has 5 heteroatoms. The highest BCUT2D eigenvalue weighted by Gasteiger charge is 2.36. The van der Waals surface area contributed by atoms with E-state index in [4.69, 9.17) is 10.5 Å². The van der Waals surface area contributed by atoms with E-state index in [1.54, 1.807) is 0 Å². The van der Waals surface area contributed by atoms with Crippen molar-refractivity contribution in [3.05, 3.63) is 0 Å². The van der Waals surface area contributed by atoms with Crippen LogP contribution in [-0.4, -0.2) is 53.9 Å². The molecule has 0 aromatic heterocycles. The van der Waals surface area contributed by atoms with E-state index in [1.807, 2.05) is 18.7 Å². The first-order chi connectivity index (χ1) is 9.93. The zero-order valence-corrected chi connectivity index (χ0v) is 13.4. The van der Waals surface area contributed by atoms with Crippen molar-refractivity contribution < 1.29 is 14.6 Å². The van der Waals surface area contributed by atoms with Crippen LogP contribution in [0.25, 0.3) is 0 Å². The Labute approximate surface area is 127 Å². The Balaban J connectivity index is 1.85. The van der Waals surface area contributed by atoms with E-state index in [-0.39, 0.29) is 24.2 Å². The number of carbonyl (C=O) groups is 1. The summed E-state index contributed by atoms with van der Waals surface area (Å²) >= 11 is 0. The fraction of sp³-hybridized carbons (Fsp3) is 0.938. The van der Waals surface area contributed by atoms with Crippen LogP contribution in [0, 0.1) is 11.8 Å². The van der Waals surface area contributed by atoms with Gasteiger partial charge in [-0.05, 0) is 57.9 Å². The average Bonchev–Trinajstić information content (AvgIpc) is 2.46. The lowest BCUT2D eigenvalue weighted by Crippen LogP contribution is -2.55. The molecule has 122 valence electrons. The van der Waals surface area contributed by atoms with Gasteiger partial charge in [-0.2, -0.15) is 0 Å². The van der Waals surface area contributed by atoms with Gasteiger partial charge in [-0.15, -0.1) is 0 Å². The largest absolute Gasteiger partial charge is 0.394 e. The molecule has 1 saturated carbocycles. The van der Waals surface area contributed by atoms with E-state index < -0.39 is 0 Å². The van der Waals surface area contributed by atoms with Crippen molar-refractivity contribution in [1.29, 1.82) is 0 Å². The lowest BCUT2D eigenvalue weighted by Gasteiger charge is -2.42. The molecule has 1 aliphatic carbocycles. The third-order valence-corrected chi connectivity index (χ3v) is 4.80. The summed E-state index contributed by atoms with van der Waals surface area (Å²) in [6, 6.07) is 0. The number of aliphatic hydroxyl groups excluding tert-OH is 1. The number of carbonyl (C=O) groups excluding carboxylic acids is 1. The van der Waals surface area contributed by atoms with E-state index in [0.29, 0.717) is 31.3 Å². The summed E-state index contributed by atoms with van der Waals surface area (Å²) in [6.45, 7) is 5.81. The van der Waals surface area contributed by atoms with Crippen molar-refractivity contribution in [3.8, 4) is 0 Å². The molecular weight excluding hydrogens is 268 g/mol. The van der Waals surface area contributed by atoms with Crippen molar-refractivity contribution in [2.75, 3.05) is 26.2 Å². The van der Waals surface area contributed by atoms with Crippen LogP contribution in [0.5, 0.6) is 0 Å². The molecule has 1 amide bonds. The molecule has 1 aliphatic heterocycles. The van der Waals surface area contributed by atoms with E-state index >= 15 is 0 Å². The Morgan fingerprint density at radius 2 is 1.90 bits per heavy atom. The fourth-order valence-corrected chi connectivity index (χ4v) is 3.63. The SMILES string of the molecule is CC1(C)CN(C(=O)CC2CCC(CN)CC2)CC(CO)O1. The van der Waals surface area contributed by atoms with Crippen LogP contribution >= 0.6 is 0 Å². The lowest BCUT2D eigenvalue weighted by molar-refractivity contribution is -0.167. The molecule has 0 aromatic rings. The number of ether oxygens (including phenoxy) is 1. The van der Waals surface area contributed by atoms with Gasteiger partial charge in [0.2, 0.25) is 5.91 Å². The minimum atomic E-state index is -0.376. The van der Waals surface area contributed by atoms with Crippen LogP contribution in [0.4, 0.5) is 0 Å². The van der Waals surface area contributed by atoms with Crippen molar-refractivity contribution in [1.82, 2.24) is 4.90 Å². The summed E-state index contributed by atoms with van der Waals surface area (Å²) < 4.78 is 5.76. The van der Waals surface area contributed by atoms with Crippen LogP contribution in [0.2, 0.25) is 0 Å². The van der Waals surface area contributed by atoms with Gasteiger partial charge in [-0.3, -0.25) is 4.79 Å². The van der Waals surface area contributed by atoms with Gasteiger partial charge < -0.3 is 20.5 Å². The number of aliphatic hydroxyl groups is 1. The van der Waals surface area contributed by atoms with Gasteiger partial charge in [0.05, 0.1) is 18.3 Å². The molecule has 3 N–H and O–H groups in total. The molecule has 1 unspecified atom stereocenters. The van der Waals surface area contributed by atoms with Gasteiger partial charge >= 0.3 is 0 Å². The molecule has 1 heterocycles. The monoisotopic (exact) mass is 298 g/mol. The Kier molecular flexibility index (Phi) is 5.63. The van der Waals surface area contributed by atoms with Crippen molar-refractivity contribution in [2.45, 2.75) is 57.7 Å². The highest BCUT2D eigenvalue weighted by molar-refractivity contribution is 5.76. The van der Waals surface area contributed by atoms with Gasteiger partial charge in [-0.25, -0.2) is 0 Å². The maximum absolute atomic E-state index is 12.5. The Morgan fingerprint density at radius 1 is 1.29 bits per heavy atom. The Bertz CT molecular complexity index is 351. The van der Waals surface area contributed by atoms with Gasteiger partial charge in [0, 0.05) is 19.5 Å². The van der Waals surface area contributed by atoms with E-state index in [2.05, 4.69) is 0 Å². The second-order valence-corrected chi connectivity index (χ2v) is 7.28. The third kappa shape index (κ3) is 4.66. The average molecular weight is 298 g/mol. The Morgan fingerprint density at radius 3 is 2.48 bits per heavy atom. The first kappa shape index (κ1) is 16.7. The van der Waals surface area contributed by atoms with E-state index in [1.165, 1.54) is 0 Å². The number of nitrogens with zero attached hydrogens (tertiary/aromatic N) is 1. The smallest absolute Gasteiger partial charge is 0.223 e. The summed E-state index contributed by atoms with van der Waals surface area (Å²) in [5, 5.41) is 9.33. The summed E-state index contributed by atoms with van der Waals surface area (Å²) in [6.07, 6.45) is 4.91. The first-order valence-electron chi connectivity index (χ1n) is 8.20. The minimum Gasteiger partial charge on any atom is -0.394 e. The number of rotatable bonds is 4. The second-order valence-electron chi connectivity index (χ2n) is 7.28. The summed E-state index contributed by atoms with van der Waals surface area (Å²) in [4.78, 5) is 14.4. The van der Waals surface area contributed by atoms with Crippen LogP contribution in [0.15, 0.2) is 0 Å². The van der Waals surface area contributed by atoms with Gasteiger partial charge in [0.15, 0.2) is 0 Å². The van der Waals surface area contributed by atoms with Gasteiger partial charge in [0.25, 0.3) is 0 Å². The predicted octanol–water partition coefficient (Wildman–Crippen LogP) is 1.14. The number of amides is 1. The number of nitrogens with two attached hydrogens (primary N) is 1. The maximum atomic E-state index is 12.5. The molecule has 2 fully saturated rings. The molecule has 1 atom stereocenters. The van der Waals surface area contributed by atoms with E-state index in [0.717, 1.165) is 32.2 Å². The molecule has 0 bridgehead atoms. The Hall–Kier alpha value is -0.650. The normalized spacial score (nSPS) is 33.0. The fourth-order valence-electron chi connectivity index (χ4n) is 3.63. The standard InChI is InChI=1S/C16H30N2O3/c1-16(2)11-18(9-14(10-19)21-16)15(20)7-12-3-5-13(8-17)6-4-12/h12-14,19H,3-11,17H2,1-2H3. The molecule has 5 nitrogen and oxygen atoms in total. The van der Waals surface area contributed by atoms with Crippen molar-refractivity contribution in [3.63, 3.8) is 0 Å². The number of morpholine rings is 1. The molecule has 2 rings (SSSR count). The molecular formula is C16H30N2O3. The van der Waals surface area contributed by atoms with Crippen molar-refractivity contribution in [2.24, 2.45) is 17.6 Å². The highest BCUT2D eigenvalue weighted by atomic mass is 16.5. The van der Waals surface area contributed by atoms with Crippen molar-refractivity contribution >= 4 is 5.91 Å². The molecule has 0 radical (unpaired) electrons. The zero-order valence-electron chi connectivity index (χ0n) is 13.4. The molecule has 2 aliphatic rings. The first-order valence-corrected chi connectivity index (χ1v) is 8.20. The third-order valence-electron chi connectivity index (χ3n) is 4.80. The van der Waals surface area contributed by atoms with Gasteiger partial charge in [0.1, 0.15) is 0 Å². The summed E-state index contributed by atoms with van der Waals surface area (Å²) in [5.74, 6) is 1.36. The predicted molar refractivity (Wildman–Crippen MR) is 81.7 cm³/mol. The molecule has 0 aromatic carbocycles. The number of hydrogen-bond donors (Lipinski definition) is 2. The molecule has 1 saturated heterocycles. The lowest BCUT2D eigenvalue weighted by atomic mass is 9.80. The van der Waals surface area contributed by atoms with E-state index in [9.17, 15) is 9.90 Å². The topological polar surface area (TPSA) is 75.8 Å². The van der Waals surface area contributed by atoms with Crippen LogP contribution in [0.1, 0.15) is 46.0 Å². The quantitative estimate of drug-likeness (QED) is 0.816. The summed E-state index contributed by atoms with van der Waals surface area (Å²) in [5.41, 5.74) is 5.34. The van der Waals surface area contributed by atoms with Crippen LogP contribution < -0.4 is 5.73 Å². The van der Waals surface area contributed by atoms with Crippen LogP contribution in [0.3, 0.4) is 0 Å². The van der Waals surface area contributed by atoms with Crippen LogP contribution in [-0.2, 0) is 9.53 Å². The number of hydrogen-bond acceptors (Lipinski definition) is 4. The zero-order chi connectivity index (χ0) is 15.5. The maximum Gasteiger partial charge on any atom is 0.223 e. The minimum absolute atomic E-state index is 0.0329. The molecule has 0 spiro atoms. The summed E-state index contributed by atoms with van der Waals surface area (Å²) in [7, 11) is 0.